The van der Waals surface area contributed by atoms with Gasteiger partial charge >= 0.3 is 0 Å². The summed E-state index contributed by atoms with van der Waals surface area (Å²) in [5.74, 6) is 0. The quantitative estimate of drug-likeness (QED) is 0.134. The average molecular weight is 890 g/mol. The molecule has 0 aliphatic heterocycles. The number of rotatable bonds is 12. The summed E-state index contributed by atoms with van der Waals surface area (Å²) in [5, 5.41) is 48.7. The van der Waals surface area contributed by atoms with Gasteiger partial charge in [0.05, 0.1) is 30.5 Å². The molecule has 0 spiro atoms. The highest BCUT2D eigenvalue weighted by Gasteiger charge is 2.27. The van der Waals surface area contributed by atoms with E-state index in [4.69, 9.17) is 0 Å². The summed E-state index contributed by atoms with van der Waals surface area (Å²) in [5.41, 5.74) is 2.36. The first-order valence-corrected chi connectivity index (χ1v) is 25.0. The van der Waals surface area contributed by atoms with E-state index in [2.05, 4.69) is 208 Å². The molecule has 5 heteroatoms. The minimum absolute atomic E-state index is 0.0211. The molecule has 0 fully saturated rings. The van der Waals surface area contributed by atoms with Gasteiger partial charge in [-0.05, 0) is 125 Å². The van der Waals surface area contributed by atoms with Gasteiger partial charge in [-0.3, -0.25) is 0 Å². The number of aliphatic hydroxyl groups excluding tert-OH is 5. The van der Waals surface area contributed by atoms with Crippen LogP contribution in [-0.2, 0) is 0 Å². The maximum Gasteiger partial charge on any atom is 0.0593 e. The first-order chi connectivity index (χ1) is 26.6. The van der Waals surface area contributed by atoms with E-state index in [1.165, 1.54) is 6.42 Å². The summed E-state index contributed by atoms with van der Waals surface area (Å²) < 4.78 is 0. The summed E-state index contributed by atoms with van der Waals surface area (Å²) in [6.07, 6.45) is 11.0. The standard InChI is InChI=1S/3C12H26O.C11H24O.C10H22O/c2*1-11(2,3)8-7-10(13)9-12(4,5)6;1-11(2,3)9-7-8-10(13)12(4,5)6;1-10(2,3)7-9(12)8-11(4,5)6;1-9(2,3)7-8(11)10(4,5)6/h3*10,13H,7-9H2,1-6H3;9,12H,7-8H2,1-6H3;8,11H,7H2,1-6H3. The number of aliphatic hydroxyl groups is 5. The predicted molar refractivity (Wildman–Crippen MR) is 280 cm³/mol. The van der Waals surface area contributed by atoms with Crippen LogP contribution in [0.5, 0.6) is 0 Å². The van der Waals surface area contributed by atoms with Crippen molar-refractivity contribution < 1.29 is 25.5 Å². The third-order valence-electron chi connectivity index (χ3n) is 10.1. The molecule has 62 heavy (non-hydrogen) atoms. The molecule has 0 amide bonds. The maximum atomic E-state index is 9.78. The Hall–Kier alpha value is -0.200. The van der Waals surface area contributed by atoms with E-state index in [9.17, 15) is 25.5 Å². The molecule has 4 atom stereocenters. The highest BCUT2D eigenvalue weighted by atomic mass is 16.3. The van der Waals surface area contributed by atoms with Gasteiger partial charge < -0.3 is 25.5 Å². The van der Waals surface area contributed by atoms with E-state index >= 15 is 0 Å². The SMILES string of the molecule is CC(C)(C)CC(O)C(C)(C)C.CC(C)(C)CC(O)CC(C)(C)C.CC(C)(C)CCC(O)CC(C)(C)C.CC(C)(C)CCC(O)CC(C)(C)C.CC(C)(C)CCCC(O)C(C)(C)C. The minimum atomic E-state index is -0.192. The van der Waals surface area contributed by atoms with Crippen LogP contribution in [0.1, 0.15) is 285 Å². The van der Waals surface area contributed by atoms with Crippen molar-refractivity contribution in [1.82, 2.24) is 0 Å². The largest absolute Gasteiger partial charge is 0.393 e. The first kappa shape index (κ1) is 70.8. The zero-order valence-electron chi connectivity index (χ0n) is 48.6. The molecule has 0 aromatic carbocycles. The zero-order valence-corrected chi connectivity index (χ0v) is 48.6. The summed E-state index contributed by atoms with van der Waals surface area (Å²) in [7, 11) is 0. The maximum absolute atomic E-state index is 9.78. The van der Waals surface area contributed by atoms with Crippen molar-refractivity contribution in [2.45, 2.75) is 315 Å². The van der Waals surface area contributed by atoms with Crippen LogP contribution in [0, 0.1) is 54.1 Å². The Balaban J connectivity index is -0.000000219. The molecule has 0 aromatic rings. The van der Waals surface area contributed by atoms with Gasteiger partial charge in [-0.2, -0.15) is 0 Å². The Labute approximate surface area is 393 Å². The smallest absolute Gasteiger partial charge is 0.0593 e. The molecule has 5 nitrogen and oxygen atoms in total. The van der Waals surface area contributed by atoms with Crippen molar-refractivity contribution in [3.8, 4) is 0 Å². The summed E-state index contributed by atoms with van der Waals surface area (Å²) in [6.45, 7) is 65.0. The molecule has 382 valence electrons. The second-order valence-electron chi connectivity index (χ2n) is 31.2. The third kappa shape index (κ3) is 66.4. The molecule has 0 rings (SSSR count). The molecule has 0 aliphatic rings. The average Bonchev–Trinajstić information content (AvgIpc) is 2.89. The van der Waals surface area contributed by atoms with Crippen molar-refractivity contribution in [3.63, 3.8) is 0 Å². The van der Waals surface area contributed by atoms with Crippen LogP contribution in [0.25, 0.3) is 0 Å². The van der Waals surface area contributed by atoms with E-state index in [1.807, 2.05) is 0 Å². The normalized spacial score (nSPS) is 15.7. The summed E-state index contributed by atoms with van der Waals surface area (Å²) >= 11 is 0. The van der Waals surface area contributed by atoms with Crippen LogP contribution in [-0.4, -0.2) is 56.1 Å². The van der Waals surface area contributed by atoms with E-state index in [1.54, 1.807) is 0 Å². The van der Waals surface area contributed by atoms with Gasteiger partial charge in [0, 0.05) is 0 Å². The van der Waals surface area contributed by atoms with Crippen LogP contribution in [0.4, 0.5) is 0 Å². The number of hydrogen-bond acceptors (Lipinski definition) is 5. The van der Waals surface area contributed by atoms with Crippen molar-refractivity contribution in [2.75, 3.05) is 0 Å². The van der Waals surface area contributed by atoms with Crippen molar-refractivity contribution in [3.05, 3.63) is 0 Å². The van der Waals surface area contributed by atoms with Crippen LogP contribution in [0.2, 0.25) is 0 Å². The van der Waals surface area contributed by atoms with Crippen LogP contribution < -0.4 is 0 Å². The van der Waals surface area contributed by atoms with E-state index in [0.717, 1.165) is 70.6 Å². The Morgan fingerprint density at radius 1 is 0.242 bits per heavy atom. The van der Waals surface area contributed by atoms with Crippen LogP contribution >= 0.6 is 0 Å². The fraction of sp³-hybridized carbons (Fsp3) is 1.00. The monoisotopic (exact) mass is 889 g/mol. The number of hydrogen-bond donors (Lipinski definition) is 5. The van der Waals surface area contributed by atoms with E-state index in [0.29, 0.717) is 16.2 Å². The Kier molecular flexibility index (Phi) is 33.0. The topological polar surface area (TPSA) is 101 Å². The molecule has 0 saturated heterocycles. The van der Waals surface area contributed by atoms with E-state index in [-0.39, 0.29) is 68.4 Å². The fourth-order valence-corrected chi connectivity index (χ4v) is 6.45. The molecule has 0 saturated carbocycles. The van der Waals surface area contributed by atoms with Gasteiger partial charge in [-0.1, -0.05) is 214 Å². The predicted octanol–water partition coefficient (Wildman–Crippen LogP) is 16.9. The molecule has 0 radical (unpaired) electrons. The van der Waals surface area contributed by atoms with Gasteiger partial charge in [0.25, 0.3) is 0 Å². The molecular formula is C57H124O5. The van der Waals surface area contributed by atoms with Gasteiger partial charge in [-0.15, -0.1) is 0 Å². The third-order valence-corrected chi connectivity index (χ3v) is 10.1. The lowest BCUT2D eigenvalue weighted by Crippen LogP contribution is -2.30. The summed E-state index contributed by atoms with van der Waals surface area (Å²) in [6, 6.07) is 0. The molecular weight excluding hydrogens is 765 g/mol. The molecule has 0 heterocycles. The van der Waals surface area contributed by atoms with Gasteiger partial charge in [0.1, 0.15) is 0 Å². The Morgan fingerprint density at radius 2 is 0.468 bits per heavy atom. The highest BCUT2D eigenvalue weighted by Crippen LogP contribution is 2.32. The molecule has 4 unspecified atom stereocenters. The van der Waals surface area contributed by atoms with E-state index < -0.39 is 0 Å². The van der Waals surface area contributed by atoms with Gasteiger partial charge in [0.15, 0.2) is 0 Å². The van der Waals surface area contributed by atoms with Gasteiger partial charge in [0.2, 0.25) is 0 Å². The highest BCUT2D eigenvalue weighted by molar-refractivity contribution is 4.78. The first-order valence-electron chi connectivity index (χ1n) is 25.0. The second-order valence-corrected chi connectivity index (χ2v) is 31.2. The molecule has 0 bridgehead atoms. The molecule has 0 aromatic heterocycles. The molecule has 0 aliphatic carbocycles. The summed E-state index contributed by atoms with van der Waals surface area (Å²) in [4.78, 5) is 0. The van der Waals surface area contributed by atoms with Gasteiger partial charge in [-0.25, -0.2) is 0 Å². The van der Waals surface area contributed by atoms with Crippen LogP contribution in [0.3, 0.4) is 0 Å². The lowest BCUT2D eigenvalue weighted by atomic mass is 9.79. The lowest BCUT2D eigenvalue weighted by Gasteiger charge is -2.31. The van der Waals surface area contributed by atoms with Crippen LogP contribution in [0.15, 0.2) is 0 Å². The van der Waals surface area contributed by atoms with Crippen molar-refractivity contribution in [1.29, 1.82) is 0 Å². The fourth-order valence-electron chi connectivity index (χ4n) is 6.45. The second kappa shape index (κ2) is 28.9. The van der Waals surface area contributed by atoms with Crippen molar-refractivity contribution in [2.24, 2.45) is 54.1 Å². The molecule has 5 N–H and O–H groups in total. The lowest BCUT2D eigenvalue weighted by molar-refractivity contribution is 0.0284. The zero-order chi connectivity index (χ0) is 51.4. The Morgan fingerprint density at radius 3 is 0.645 bits per heavy atom. The van der Waals surface area contributed by atoms with Crippen molar-refractivity contribution >= 4 is 0 Å². The minimum Gasteiger partial charge on any atom is -0.393 e. The Bertz CT molecular complexity index is 999.